The Kier molecular flexibility index (Phi) is 6.12. The van der Waals surface area contributed by atoms with E-state index in [1.807, 2.05) is 51.1 Å². The van der Waals surface area contributed by atoms with Crippen molar-refractivity contribution in [2.45, 2.75) is 49.7 Å². The molecule has 0 aliphatic heterocycles. The average molecular weight is 330 g/mol. The number of hydrogen-bond donors (Lipinski definition) is 2. The van der Waals surface area contributed by atoms with Crippen molar-refractivity contribution in [3.05, 3.63) is 41.7 Å². The third-order valence-corrected chi connectivity index (χ3v) is 4.10. The summed E-state index contributed by atoms with van der Waals surface area (Å²) in [5, 5.41) is 3.56. The van der Waals surface area contributed by atoms with Crippen molar-refractivity contribution in [2.75, 3.05) is 5.32 Å². The van der Waals surface area contributed by atoms with E-state index in [0.717, 1.165) is 33.5 Å². The fourth-order valence-corrected chi connectivity index (χ4v) is 2.99. The van der Waals surface area contributed by atoms with Crippen LogP contribution in [0.5, 0.6) is 0 Å². The zero-order valence-electron chi connectivity index (χ0n) is 13.7. The Morgan fingerprint density at radius 2 is 1.83 bits per heavy atom. The molecule has 0 spiro atoms. The molecule has 0 fully saturated rings. The maximum atomic E-state index is 11.9. The molecule has 0 saturated heterocycles. The molecule has 2 aromatic rings. The van der Waals surface area contributed by atoms with Gasteiger partial charge in [0, 0.05) is 22.0 Å². The number of hydrogen-bond acceptors (Lipinski definition) is 5. The minimum Gasteiger partial charge on any atom is -0.325 e. The van der Waals surface area contributed by atoms with Gasteiger partial charge < -0.3 is 11.1 Å². The van der Waals surface area contributed by atoms with Gasteiger partial charge in [0.05, 0.1) is 6.04 Å². The number of nitrogens with two attached hydrogens (primary N) is 1. The fraction of sp³-hybridized carbons (Fsp3) is 0.353. The Bertz CT molecular complexity index is 653. The summed E-state index contributed by atoms with van der Waals surface area (Å²) in [6, 6.07) is 9.09. The molecular weight excluding hydrogens is 308 g/mol. The van der Waals surface area contributed by atoms with Crippen molar-refractivity contribution in [1.82, 2.24) is 9.97 Å². The second-order valence-corrected chi connectivity index (χ2v) is 6.48. The third-order valence-electron chi connectivity index (χ3n) is 3.23. The van der Waals surface area contributed by atoms with Crippen LogP contribution in [-0.4, -0.2) is 21.9 Å². The molecular formula is C17H22N4OS. The van der Waals surface area contributed by atoms with Crippen LogP contribution in [0.2, 0.25) is 0 Å². The number of aromatic nitrogens is 2. The van der Waals surface area contributed by atoms with E-state index in [-0.39, 0.29) is 5.91 Å². The number of nitrogens with one attached hydrogen (secondary N) is 1. The smallest absolute Gasteiger partial charge is 0.241 e. The minimum absolute atomic E-state index is 0.148. The average Bonchev–Trinajstić information content (AvgIpc) is 2.48. The summed E-state index contributed by atoms with van der Waals surface area (Å²) in [4.78, 5) is 21.7. The molecule has 1 atom stereocenters. The van der Waals surface area contributed by atoms with Crippen molar-refractivity contribution < 1.29 is 4.79 Å². The van der Waals surface area contributed by atoms with Crippen molar-refractivity contribution in [3.8, 4) is 0 Å². The molecule has 0 aliphatic carbocycles. The summed E-state index contributed by atoms with van der Waals surface area (Å²) in [7, 11) is 0. The number of anilines is 1. The Labute approximate surface area is 141 Å². The maximum absolute atomic E-state index is 11.9. The summed E-state index contributed by atoms with van der Waals surface area (Å²) < 4.78 is 0. The molecule has 122 valence electrons. The van der Waals surface area contributed by atoms with Crippen LogP contribution in [0.3, 0.4) is 0 Å². The number of aryl methyl sites for hydroxylation is 2. The van der Waals surface area contributed by atoms with Gasteiger partial charge in [-0.15, -0.1) is 0 Å². The van der Waals surface area contributed by atoms with Crippen LogP contribution >= 0.6 is 11.8 Å². The molecule has 1 heterocycles. The van der Waals surface area contributed by atoms with Gasteiger partial charge in [-0.25, -0.2) is 9.97 Å². The molecule has 3 N–H and O–H groups in total. The monoisotopic (exact) mass is 330 g/mol. The SMILES string of the molecule is CCCC(N)C(=O)Nc1ccc(Sc2nc(C)cc(C)n2)cc1. The Morgan fingerprint density at radius 1 is 1.22 bits per heavy atom. The summed E-state index contributed by atoms with van der Waals surface area (Å²) >= 11 is 1.50. The van der Waals surface area contributed by atoms with Gasteiger partial charge in [0.25, 0.3) is 0 Å². The van der Waals surface area contributed by atoms with Gasteiger partial charge in [0.2, 0.25) is 5.91 Å². The zero-order chi connectivity index (χ0) is 16.8. The van der Waals surface area contributed by atoms with Gasteiger partial charge in [-0.2, -0.15) is 0 Å². The van der Waals surface area contributed by atoms with E-state index >= 15 is 0 Å². The third kappa shape index (κ3) is 5.33. The first kappa shape index (κ1) is 17.4. The van der Waals surface area contributed by atoms with Crippen LogP contribution in [0.25, 0.3) is 0 Å². The van der Waals surface area contributed by atoms with Gasteiger partial charge in [-0.1, -0.05) is 13.3 Å². The van der Waals surface area contributed by atoms with Crippen LogP contribution in [0, 0.1) is 13.8 Å². The van der Waals surface area contributed by atoms with E-state index < -0.39 is 6.04 Å². The van der Waals surface area contributed by atoms with Crippen molar-refractivity contribution in [2.24, 2.45) is 5.73 Å². The number of rotatable bonds is 6. The van der Waals surface area contributed by atoms with Gasteiger partial charge in [-0.3, -0.25) is 4.79 Å². The Morgan fingerprint density at radius 3 is 2.39 bits per heavy atom. The highest BCUT2D eigenvalue weighted by Gasteiger charge is 2.12. The van der Waals surface area contributed by atoms with E-state index in [9.17, 15) is 4.79 Å². The molecule has 0 radical (unpaired) electrons. The molecule has 1 amide bonds. The summed E-state index contributed by atoms with van der Waals surface area (Å²) in [6.07, 6.45) is 1.57. The van der Waals surface area contributed by atoms with Gasteiger partial charge >= 0.3 is 0 Å². The summed E-state index contributed by atoms with van der Waals surface area (Å²) in [5.41, 5.74) is 8.45. The summed E-state index contributed by atoms with van der Waals surface area (Å²) in [5.74, 6) is -0.148. The molecule has 1 aromatic heterocycles. The first-order valence-corrected chi connectivity index (χ1v) is 8.46. The highest BCUT2D eigenvalue weighted by atomic mass is 32.2. The molecule has 23 heavy (non-hydrogen) atoms. The zero-order valence-corrected chi connectivity index (χ0v) is 14.5. The lowest BCUT2D eigenvalue weighted by atomic mass is 10.1. The number of amides is 1. The summed E-state index contributed by atoms with van der Waals surface area (Å²) in [6.45, 7) is 5.92. The van der Waals surface area contributed by atoms with Crippen molar-refractivity contribution in [3.63, 3.8) is 0 Å². The lowest BCUT2D eigenvalue weighted by Gasteiger charge is -2.11. The van der Waals surface area contributed by atoms with E-state index in [4.69, 9.17) is 5.73 Å². The van der Waals surface area contributed by atoms with Crippen LogP contribution in [0.15, 0.2) is 40.4 Å². The first-order valence-electron chi connectivity index (χ1n) is 7.64. The van der Waals surface area contributed by atoms with E-state index in [1.54, 1.807) is 0 Å². The molecule has 1 unspecified atom stereocenters. The Balaban J connectivity index is 2.00. The highest BCUT2D eigenvalue weighted by molar-refractivity contribution is 7.99. The van der Waals surface area contributed by atoms with Gasteiger partial charge in [0.1, 0.15) is 0 Å². The van der Waals surface area contributed by atoms with Crippen molar-refractivity contribution in [1.29, 1.82) is 0 Å². The molecule has 5 nitrogen and oxygen atoms in total. The van der Waals surface area contributed by atoms with Crippen LogP contribution in [0.1, 0.15) is 31.2 Å². The number of nitrogens with zero attached hydrogens (tertiary/aromatic N) is 2. The Hall–Kier alpha value is -1.92. The molecule has 6 heteroatoms. The predicted molar refractivity (Wildman–Crippen MR) is 93.6 cm³/mol. The van der Waals surface area contributed by atoms with Gasteiger partial charge in [0.15, 0.2) is 5.16 Å². The topological polar surface area (TPSA) is 80.9 Å². The minimum atomic E-state index is -0.460. The van der Waals surface area contributed by atoms with E-state index in [0.29, 0.717) is 6.42 Å². The molecule has 0 saturated carbocycles. The van der Waals surface area contributed by atoms with Crippen molar-refractivity contribution >= 4 is 23.4 Å². The van der Waals surface area contributed by atoms with E-state index in [1.165, 1.54) is 11.8 Å². The van der Waals surface area contributed by atoms with Crippen LogP contribution < -0.4 is 11.1 Å². The highest BCUT2D eigenvalue weighted by Crippen LogP contribution is 2.26. The maximum Gasteiger partial charge on any atom is 0.241 e. The lowest BCUT2D eigenvalue weighted by molar-refractivity contribution is -0.117. The fourth-order valence-electron chi connectivity index (χ4n) is 2.13. The predicted octanol–water partition coefficient (Wildman–Crippen LogP) is 3.31. The lowest BCUT2D eigenvalue weighted by Crippen LogP contribution is -2.35. The molecule has 0 bridgehead atoms. The largest absolute Gasteiger partial charge is 0.325 e. The second-order valence-electron chi connectivity index (χ2n) is 5.44. The van der Waals surface area contributed by atoms with Gasteiger partial charge in [-0.05, 0) is 62.4 Å². The van der Waals surface area contributed by atoms with E-state index in [2.05, 4.69) is 15.3 Å². The van der Waals surface area contributed by atoms with Crippen LogP contribution in [-0.2, 0) is 4.79 Å². The number of carbonyl (C=O) groups excluding carboxylic acids is 1. The quantitative estimate of drug-likeness (QED) is 0.794. The second kappa shape index (κ2) is 8.08. The van der Waals surface area contributed by atoms with Crippen LogP contribution in [0.4, 0.5) is 5.69 Å². The normalized spacial score (nSPS) is 12.0. The number of carbonyl (C=O) groups is 1. The first-order chi connectivity index (χ1) is 11.0. The number of benzene rings is 1. The standard InChI is InChI=1S/C17H22N4OS/c1-4-5-15(18)16(22)21-13-6-8-14(9-7-13)23-17-19-11(2)10-12(3)20-17/h6-10,15H,4-5,18H2,1-3H3,(H,21,22). The molecule has 1 aromatic carbocycles. The molecule has 0 aliphatic rings. The molecule has 2 rings (SSSR count).